The van der Waals surface area contributed by atoms with E-state index >= 15 is 0 Å². The second kappa shape index (κ2) is 6.37. The van der Waals surface area contributed by atoms with Gasteiger partial charge in [0.25, 0.3) is 0 Å². The lowest BCUT2D eigenvalue weighted by molar-refractivity contribution is 0.251. The van der Waals surface area contributed by atoms with Crippen LogP contribution in [-0.2, 0) is 6.54 Å². The summed E-state index contributed by atoms with van der Waals surface area (Å²) < 4.78 is 5.61. The van der Waals surface area contributed by atoms with Crippen LogP contribution in [0.3, 0.4) is 0 Å². The largest absolute Gasteiger partial charge is 0.476 e. The maximum atomic E-state index is 5.61. The quantitative estimate of drug-likeness (QED) is 0.750. The van der Waals surface area contributed by atoms with Crippen LogP contribution in [0.25, 0.3) is 0 Å². The minimum absolute atomic E-state index is 0.667. The molecule has 0 saturated carbocycles. The van der Waals surface area contributed by atoms with Gasteiger partial charge in [0.15, 0.2) is 0 Å². The molecule has 15 heavy (non-hydrogen) atoms. The summed E-state index contributed by atoms with van der Waals surface area (Å²) in [6, 6.07) is 3.94. The van der Waals surface area contributed by atoms with Gasteiger partial charge in [-0.1, -0.05) is 6.07 Å². The van der Waals surface area contributed by atoms with E-state index in [1.54, 1.807) is 6.20 Å². The molecule has 0 atom stereocenters. The van der Waals surface area contributed by atoms with Crippen LogP contribution in [-0.4, -0.2) is 44.2 Å². The van der Waals surface area contributed by atoms with E-state index in [0.29, 0.717) is 6.61 Å². The Labute approximate surface area is 91.3 Å². The molecule has 0 aliphatic carbocycles. The Balaban J connectivity index is 2.51. The molecule has 1 aromatic rings. The molecule has 0 amide bonds. The second-order valence-corrected chi connectivity index (χ2v) is 3.65. The highest BCUT2D eigenvalue weighted by atomic mass is 16.5. The predicted molar refractivity (Wildman–Crippen MR) is 61.0 cm³/mol. The smallest absolute Gasteiger partial charge is 0.217 e. The van der Waals surface area contributed by atoms with Gasteiger partial charge in [-0.2, -0.15) is 0 Å². The van der Waals surface area contributed by atoms with E-state index in [0.717, 1.165) is 24.5 Å². The Morgan fingerprint density at radius 2 is 2.27 bits per heavy atom. The molecule has 4 heteroatoms. The molecule has 0 bridgehead atoms. The van der Waals surface area contributed by atoms with Crippen LogP contribution in [0.15, 0.2) is 18.3 Å². The zero-order valence-corrected chi connectivity index (χ0v) is 9.66. The van der Waals surface area contributed by atoms with Crippen LogP contribution in [0.5, 0.6) is 5.88 Å². The molecule has 1 aromatic heterocycles. The van der Waals surface area contributed by atoms with Crippen LogP contribution >= 0.6 is 0 Å². The first kappa shape index (κ1) is 11.9. The van der Waals surface area contributed by atoms with Gasteiger partial charge in [-0.25, -0.2) is 4.98 Å². The number of hydrogen-bond acceptors (Lipinski definition) is 4. The Hall–Kier alpha value is -1.13. The summed E-state index contributed by atoms with van der Waals surface area (Å²) in [5.74, 6) is 0.730. The molecule has 0 radical (unpaired) electrons. The number of ether oxygens (including phenoxy) is 1. The molecule has 0 unspecified atom stereocenters. The fraction of sp³-hybridized carbons (Fsp3) is 0.545. The van der Waals surface area contributed by atoms with Crippen molar-refractivity contribution < 1.29 is 4.74 Å². The third-order valence-electron chi connectivity index (χ3n) is 1.99. The molecule has 1 rings (SSSR count). The van der Waals surface area contributed by atoms with Crippen molar-refractivity contribution >= 4 is 0 Å². The number of pyridine rings is 1. The highest BCUT2D eigenvalue weighted by Crippen LogP contribution is 2.13. The first-order chi connectivity index (χ1) is 7.24. The average molecular weight is 209 g/mol. The zero-order valence-electron chi connectivity index (χ0n) is 9.66. The average Bonchev–Trinajstić information content (AvgIpc) is 2.20. The molecule has 1 heterocycles. The Morgan fingerprint density at radius 1 is 1.47 bits per heavy atom. The van der Waals surface area contributed by atoms with Crippen molar-refractivity contribution in [2.75, 3.05) is 34.3 Å². The van der Waals surface area contributed by atoms with Gasteiger partial charge in [-0.05, 0) is 27.2 Å². The number of hydrogen-bond donors (Lipinski definition) is 1. The summed E-state index contributed by atoms with van der Waals surface area (Å²) in [6.45, 7) is 2.35. The molecular weight excluding hydrogens is 190 g/mol. The summed E-state index contributed by atoms with van der Waals surface area (Å²) in [4.78, 5) is 6.30. The summed E-state index contributed by atoms with van der Waals surface area (Å²) in [5.41, 5.74) is 1.10. The van der Waals surface area contributed by atoms with Gasteiger partial charge in [0.05, 0.1) is 0 Å². The van der Waals surface area contributed by atoms with Crippen molar-refractivity contribution in [1.82, 2.24) is 15.2 Å². The molecule has 0 saturated heterocycles. The zero-order chi connectivity index (χ0) is 11.1. The number of rotatable bonds is 6. The van der Waals surface area contributed by atoms with E-state index in [4.69, 9.17) is 4.74 Å². The van der Waals surface area contributed by atoms with Crippen molar-refractivity contribution in [3.05, 3.63) is 23.9 Å². The Kier molecular flexibility index (Phi) is 5.07. The van der Waals surface area contributed by atoms with Crippen LogP contribution in [0, 0.1) is 0 Å². The van der Waals surface area contributed by atoms with Gasteiger partial charge in [-0.3, -0.25) is 0 Å². The molecule has 0 aliphatic rings. The van der Waals surface area contributed by atoms with Gasteiger partial charge in [0.2, 0.25) is 5.88 Å². The van der Waals surface area contributed by atoms with Crippen LogP contribution in [0.1, 0.15) is 5.56 Å². The number of nitrogens with one attached hydrogen (secondary N) is 1. The summed E-state index contributed by atoms with van der Waals surface area (Å²) in [5, 5.41) is 3.09. The van der Waals surface area contributed by atoms with Crippen LogP contribution in [0.2, 0.25) is 0 Å². The Morgan fingerprint density at radius 3 is 2.93 bits per heavy atom. The predicted octanol–water partition coefficient (Wildman–Crippen LogP) is 0.741. The lowest BCUT2D eigenvalue weighted by Gasteiger charge is -2.12. The third-order valence-corrected chi connectivity index (χ3v) is 1.99. The van der Waals surface area contributed by atoms with Gasteiger partial charge < -0.3 is 15.0 Å². The van der Waals surface area contributed by atoms with Crippen LogP contribution < -0.4 is 10.1 Å². The third kappa shape index (κ3) is 4.27. The van der Waals surface area contributed by atoms with E-state index in [9.17, 15) is 0 Å². The molecular formula is C11H19N3O. The molecule has 84 valence electrons. The lowest BCUT2D eigenvalue weighted by Crippen LogP contribution is -2.20. The minimum Gasteiger partial charge on any atom is -0.476 e. The number of aromatic nitrogens is 1. The molecule has 1 N–H and O–H groups in total. The highest BCUT2D eigenvalue weighted by molar-refractivity contribution is 5.25. The first-order valence-electron chi connectivity index (χ1n) is 5.10. The molecule has 4 nitrogen and oxygen atoms in total. The lowest BCUT2D eigenvalue weighted by atomic mass is 10.3. The van der Waals surface area contributed by atoms with Crippen molar-refractivity contribution in [1.29, 1.82) is 0 Å². The molecule has 0 aliphatic heterocycles. The maximum Gasteiger partial charge on any atom is 0.217 e. The van der Waals surface area contributed by atoms with Crippen molar-refractivity contribution in [2.24, 2.45) is 0 Å². The van der Waals surface area contributed by atoms with E-state index in [1.807, 2.05) is 33.3 Å². The minimum atomic E-state index is 0.667. The fourth-order valence-corrected chi connectivity index (χ4v) is 1.20. The van der Waals surface area contributed by atoms with Crippen molar-refractivity contribution in [2.45, 2.75) is 6.54 Å². The van der Waals surface area contributed by atoms with Gasteiger partial charge in [-0.15, -0.1) is 0 Å². The summed E-state index contributed by atoms with van der Waals surface area (Å²) >= 11 is 0. The van der Waals surface area contributed by atoms with Crippen molar-refractivity contribution in [3.63, 3.8) is 0 Å². The molecule has 0 spiro atoms. The first-order valence-corrected chi connectivity index (χ1v) is 5.10. The van der Waals surface area contributed by atoms with Gasteiger partial charge in [0, 0.05) is 24.8 Å². The highest BCUT2D eigenvalue weighted by Gasteiger charge is 2.03. The summed E-state index contributed by atoms with van der Waals surface area (Å²) in [7, 11) is 5.96. The number of nitrogens with zero attached hydrogens (tertiary/aromatic N) is 2. The molecule has 0 aromatic carbocycles. The van der Waals surface area contributed by atoms with Crippen molar-refractivity contribution in [3.8, 4) is 5.88 Å². The van der Waals surface area contributed by atoms with E-state index < -0.39 is 0 Å². The van der Waals surface area contributed by atoms with E-state index in [1.165, 1.54) is 0 Å². The van der Waals surface area contributed by atoms with Gasteiger partial charge >= 0.3 is 0 Å². The van der Waals surface area contributed by atoms with Gasteiger partial charge in [0.1, 0.15) is 6.61 Å². The SMILES string of the molecule is CNCc1cccnc1OCCN(C)C. The standard InChI is InChI=1S/C11H19N3O/c1-12-9-10-5-4-6-13-11(10)15-8-7-14(2)3/h4-6,12H,7-9H2,1-3H3. The number of likely N-dealkylation sites (N-methyl/N-ethyl adjacent to an activating group) is 1. The normalized spacial score (nSPS) is 10.7. The maximum absolute atomic E-state index is 5.61. The van der Waals surface area contributed by atoms with E-state index in [-0.39, 0.29) is 0 Å². The van der Waals surface area contributed by atoms with Crippen LogP contribution in [0.4, 0.5) is 0 Å². The summed E-state index contributed by atoms with van der Waals surface area (Å²) in [6.07, 6.45) is 1.75. The fourth-order valence-electron chi connectivity index (χ4n) is 1.20. The second-order valence-electron chi connectivity index (χ2n) is 3.65. The Bertz CT molecular complexity index is 289. The topological polar surface area (TPSA) is 37.4 Å². The monoisotopic (exact) mass is 209 g/mol. The van der Waals surface area contributed by atoms with E-state index in [2.05, 4.69) is 15.2 Å². The molecule has 0 fully saturated rings.